The van der Waals surface area contributed by atoms with Crippen LogP contribution in [0, 0.1) is 11.8 Å². The van der Waals surface area contributed by atoms with Crippen LogP contribution in [0.3, 0.4) is 0 Å². The third kappa shape index (κ3) is 3.54. The normalized spacial score (nSPS) is 24.2. The summed E-state index contributed by atoms with van der Waals surface area (Å²) in [6.07, 6.45) is 5.30. The SMILES string of the molecule is O=C(O)C1CCC(CNS(=O)(=O)c2cn[nH]c2)CC1. The Labute approximate surface area is 111 Å². The lowest BCUT2D eigenvalue weighted by Crippen LogP contribution is -2.32. The van der Waals surface area contributed by atoms with Gasteiger partial charge in [-0.25, -0.2) is 13.1 Å². The first kappa shape index (κ1) is 14.0. The molecule has 0 radical (unpaired) electrons. The fourth-order valence-corrected chi connectivity index (χ4v) is 3.33. The van der Waals surface area contributed by atoms with E-state index in [2.05, 4.69) is 14.9 Å². The number of carboxylic acid groups (broad SMARTS) is 1. The topological polar surface area (TPSA) is 112 Å². The van der Waals surface area contributed by atoms with Gasteiger partial charge in [-0.05, 0) is 31.6 Å². The second-order valence-electron chi connectivity index (χ2n) is 4.84. The summed E-state index contributed by atoms with van der Waals surface area (Å²) in [6.45, 7) is 0.347. The molecular formula is C11H17N3O4S. The van der Waals surface area contributed by atoms with Gasteiger partial charge in [0.15, 0.2) is 0 Å². The summed E-state index contributed by atoms with van der Waals surface area (Å²) >= 11 is 0. The van der Waals surface area contributed by atoms with Crippen LogP contribution in [0.5, 0.6) is 0 Å². The number of sulfonamides is 1. The minimum Gasteiger partial charge on any atom is -0.481 e. The zero-order chi connectivity index (χ0) is 13.9. The third-order valence-electron chi connectivity index (χ3n) is 3.54. The molecule has 1 aromatic heterocycles. The lowest BCUT2D eigenvalue weighted by molar-refractivity contribution is -0.143. The number of carboxylic acids is 1. The van der Waals surface area contributed by atoms with Crippen LogP contribution >= 0.6 is 0 Å². The molecule has 19 heavy (non-hydrogen) atoms. The molecule has 0 unspecified atom stereocenters. The van der Waals surface area contributed by atoms with Crippen LogP contribution in [0.4, 0.5) is 0 Å². The monoisotopic (exact) mass is 287 g/mol. The van der Waals surface area contributed by atoms with Crippen molar-refractivity contribution in [1.29, 1.82) is 0 Å². The number of H-pyrrole nitrogens is 1. The number of carbonyl (C=O) groups is 1. The highest BCUT2D eigenvalue weighted by Crippen LogP contribution is 2.28. The number of aromatic nitrogens is 2. The van der Waals surface area contributed by atoms with Crippen molar-refractivity contribution in [3.8, 4) is 0 Å². The fraction of sp³-hybridized carbons (Fsp3) is 0.636. The summed E-state index contributed by atoms with van der Waals surface area (Å²) < 4.78 is 26.2. The summed E-state index contributed by atoms with van der Waals surface area (Å²) in [4.78, 5) is 10.9. The second-order valence-corrected chi connectivity index (χ2v) is 6.61. The van der Waals surface area contributed by atoms with E-state index >= 15 is 0 Å². The molecule has 0 bridgehead atoms. The Balaban J connectivity index is 1.83. The van der Waals surface area contributed by atoms with Gasteiger partial charge in [-0.2, -0.15) is 5.10 Å². The Morgan fingerprint density at radius 1 is 1.42 bits per heavy atom. The molecule has 106 valence electrons. The van der Waals surface area contributed by atoms with Crippen LogP contribution in [-0.2, 0) is 14.8 Å². The molecule has 1 fully saturated rings. The summed E-state index contributed by atoms with van der Waals surface area (Å²) in [5.74, 6) is -0.823. The first-order valence-electron chi connectivity index (χ1n) is 6.20. The van der Waals surface area contributed by atoms with Crippen LogP contribution in [0.25, 0.3) is 0 Å². The van der Waals surface area contributed by atoms with Gasteiger partial charge in [0, 0.05) is 12.7 Å². The molecule has 7 nitrogen and oxygen atoms in total. The van der Waals surface area contributed by atoms with Crippen molar-refractivity contribution >= 4 is 16.0 Å². The molecule has 2 rings (SSSR count). The van der Waals surface area contributed by atoms with Crippen LogP contribution in [0.15, 0.2) is 17.3 Å². The maximum atomic E-state index is 11.8. The molecule has 0 aliphatic heterocycles. The Bertz CT molecular complexity index is 518. The van der Waals surface area contributed by atoms with Crippen LogP contribution in [-0.4, -0.2) is 36.2 Å². The zero-order valence-corrected chi connectivity index (χ0v) is 11.2. The molecule has 3 N–H and O–H groups in total. The average molecular weight is 287 g/mol. The standard InChI is InChI=1S/C11H17N3O4S/c15-11(16)9-3-1-8(2-4-9)5-14-19(17,18)10-6-12-13-7-10/h6-9,14H,1-5H2,(H,12,13)(H,15,16). The van der Waals surface area contributed by atoms with Gasteiger partial charge in [0.05, 0.1) is 12.1 Å². The molecule has 1 aliphatic carbocycles. The minimum absolute atomic E-state index is 0.117. The van der Waals surface area contributed by atoms with Crippen molar-refractivity contribution in [3.05, 3.63) is 12.4 Å². The van der Waals surface area contributed by atoms with Gasteiger partial charge >= 0.3 is 5.97 Å². The Hall–Kier alpha value is -1.41. The molecule has 0 saturated heterocycles. The average Bonchev–Trinajstić information content (AvgIpc) is 2.91. The molecule has 0 amide bonds. The van der Waals surface area contributed by atoms with Crippen molar-refractivity contribution < 1.29 is 18.3 Å². The molecule has 0 aromatic carbocycles. The lowest BCUT2D eigenvalue weighted by atomic mass is 9.82. The van der Waals surface area contributed by atoms with E-state index in [1.165, 1.54) is 12.4 Å². The van der Waals surface area contributed by atoms with E-state index in [-0.39, 0.29) is 16.7 Å². The predicted octanol–water partition coefficient (Wildman–Crippen LogP) is 0.579. The summed E-state index contributed by atoms with van der Waals surface area (Å²) in [5.41, 5.74) is 0. The molecule has 1 heterocycles. The molecule has 0 spiro atoms. The van der Waals surface area contributed by atoms with E-state index in [0.717, 1.165) is 12.8 Å². The van der Waals surface area contributed by atoms with Crippen molar-refractivity contribution in [3.63, 3.8) is 0 Å². The molecule has 1 aliphatic rings. The van der Waals surface area contributed by atoms with Crippen LogP contribution in [0.1, 0.15) is 25.7 Å². The highest BCUT2D eigenvalue weighted by molar-refractivity contribution is 7.89. The number of nitrogens with one attached hydrogen (secondary N) is 2. The van der Waals surface area contributed by atoms with Crippen LogP contribution in [0.2, 0.25) is 0 Å². The number of hydrogen-bond donors (Lipinski definition) is 3. The van der Waals surface area contributed by atoms with Gasteiger partial charge in [0.2, 0.25) is 10.0 Å². The molecular weight excluding hydrogens is 270 g/mol. The largest absolute Gasteiger partial charge is 0.481 e. The number of nitrogens with zero attached hydrogens (tertiary/aromatic N) is 1. The van der Waals surface area contributed by atoms with Crippen LogP contribution < -0.4 is 4.72 Å². The van der Waals surface area contributed by atoms with Crippen molar-refractivity contribution in [1.82, 2.24) is 14.9 Å². The van der Waals surface area contributed by atoms with E-state index in [9.17, 15) is 13.2 Å². The highest BCUT2D eigenvalue weighted by atomic mass is 32.2. The van der Waals surface area contributed by atoms with E-state index in [1.807, 2.05) is 0 Å². The van der Waals surface area contributed by atoms with E-state index < -0.39 is 16.0 Å². The first-order valence-corrected chi connectivity index (χ1v) is 7.68. The number of aromatic amines is 1. The van der Waals surface area contributed by atoms with Gasteiger partial charge in [0.1, 0.15) is 4.90 Å². The van der Waals surface area contributed by atoms with Crippen molar-refractivity contribution in [2.24, 2.45) is 11.8 Å². The quantitative estimate of drug-likeness (QED) is 0.733. The van der Waals surface area contributed by atoms with E-state index in [1.54, 1.807) is 0 Å². The van der Waals surface area contributed by atoms with Gasteiger partial charge < -0.3 is 5.11 Å². The summed E-state index contributed by atoms with van der Waals surface area (Å²) in [7, 11) is -3.51. The Morgan fingerprint density at radius 3 is 2.63 bits per heavy atom. The van der Waals surface area contributed by atoms with Gasteiger partial charge in [0.25, 0.3) is 0 Å². The fourth-order valence-electron chi connectivity index (χ4n) is 2.31. The predicted molar refractivity (Wildman–Crippen MR) is 66.9 cm³/mol. The highest BCUT2D eigenvalue weighted by Gasteiger charge is 2.27. The molecule has 8 heteroatoms. The van der Waals surface area contributed by atoms with E-state index in [4.69, 9.17) is 5.11 Å². The first-order chi connectivity index (χ1) is 8.99. The molecule has 1 aromatic rings. The van der Waals surface area contributed by atoms with E-state index in [0.29, 0.717) is 19.4 Å². The molecule has 1 saturated carbocycles. The maximum absolute atomic E-state index is 11.8. The number of hydrogen-bond acceptors (Lipinski definition) is 4. The zero-order valence-electron chi connectivity index (χ0n) is 10.4. The number of aliphatic carboxylic acids is 1. The third-order valence-corrected chi connectivity index (χ3v) is 4.93. The minimum atomic E-state index is -3.51. The second kappa shape index (κ2) is 5.70. The van der Waals surface area contributed by atoms with Crippen molar-refractivity contribution in [2.45, 2.75) is 30.6 Å². The smallest absolute Gasteiger partial charge is 0.306 e. The Kier molecular flexibility index (Phi) is 4.20. The van der Waals surface area contributed by atoms with Gasteiger partial charge in [-0.15, -0.1) is 0 Å². The summed E-state index contributed by atoms with van der Waals surface area (Å²) in [5, 5.41) is 14.9. The summed E-state index contributed by atoms with van der Waals surface area (Å²) in [6, 6.07) is 0. The Morgan fingerprint density at radius 2 is 2.11 bits per heavy atom. The van der Waals surface area contributed by atoms with Gasteiger partial charge in [-0.3, -0.25) is 9.89 Å². The molecule has 0 atom stereocenters. The van der Waals surface area contributed by atoms with Gasteiger partial charge in [-0.1, -0.05) is 0 Å². The van der Waals surface area contributed by atoms with Crippen molar-refractivity contribution in [2.75, 3.05) is 6.54 Å². The maximum Gasteiger partial charge on any atom is 0.306 e. The lowest BCUT2D eigenvalue weighted by Gasteiger charge is -2.25. The number of rotatable bonds is 5.